The first kappa shape index (κ1) is 17.1. The molecule has 1 fully saturated rings. The van der Waals surface area contributed by atoms with Crippen LogP contribution in [0, 0.1) is 5.92 Å². The summed E-state index contributed by atoms with van der Waals surface area (Å²) in [5.74, 6) is 0.302. The average molecular weight is 344 g/mol. The molecule has 0 aliphatic heterocycles. The SMILES string of the molecule is CCCc1cc(C(=O)N[C@H](Cc2ccccn2)C2CC(O)C2)cs1. The van der Waals surface area contributed by atoms with Crippen molar-refractivity contribution >= 4 is 17.2 Å². The number of carbonyl (C=O) groups is 1. The van der Waals surface area contributed by atoms with E-state index < -0.39 is 0 Å². The van der Waals surface area contributed by atoms with Gasteiger partial charge in [-0.1, -0.05) is 19.4 Å². The molecule has 1 amide bonds. The zero-order valence-corrected chi connectivity index (χ0v) is 14.8. The lowest BCUT2D eigenvalue weighted by Crippen LogP contribution is -2.48. The molecule has 0 saturated heterocycles. The molecule has 1 atom stereocenters. The minimum Gasteiger partial charge on any atom is -0.393 e. The highest BCUT2D eigenvalue weighted by atomic mass is 32.1. The van der Waals surface area contributed by atoms with Crippen LogP contribution in [0.5, 0.6) is 0 Å². The molecule has 0 radical (unpaired) electrons. The molecule has 1 aliphatic rings. The van der Waals surface area contributed by atoms with E-state index in [2.05, 4.69) is 17.2 Å². The standard InChI is InChI=1S/C19H24N2O2S/c1-2-5-17-10-14(12-24-17)19(23)21-18(13-8-16(22)9-13)11-15-6-3-4-7-20-15/h3-4,6-7,10,12-13,16,18,22H,2,5,8-9,11H2,1H3,(H,21,23)/t13?,16?,18-/m1/s1. The van der Waals surface area contributed by atoms with Crippen molar-refractivity contribution in [1.29, 1.82) is 0 Å². The van der Waals surface area contributed by atoms with Gasteiger partial charge >= 0.3 is 0 Å². The van der Waals surface area contributed by atoms with Crippen LogP contribution in [0.15, 0.2) is 35.8 Å². The third kappa shape index (κ3) is 4.22. The van der Waals surface area contributed by atoms with Crippen molar-refractivity contribution in [3.8, 4) is 0 Å². The van der Waals surface area contributed by atoms with E-state index in [1.807, 2.05) is 29.6 Å². The van der Waals surface area contributed by atoms with E-state index in [9.17, 15) is 9.90 Å². The number of nitrogens with one attached hydrogen (secondary N) is 1. The Bertz CT molecular complexity index is 665. The number of amides is 1. The molecule has 2 heterocycles. The van der Waals surface area contributed by atoms with Crippen LogP contribution in [0.1, 0.15) is 47.1 Å². The maximum Gasteiger partial charge on any atom is 0.252 e. The molecule has 2 aromatic rings. The summed E-state index contributed by atoms with van der Waals surface area (Å²) in [4.78, 5) is 18.2. The molecule has 128 valence electrons. The summed E-state index contributed by atoms with van der Waals surface area (Å²) in [5.41, 5.74) is 1.72. The van der Waals surface area contributed by atoms with E-state index in [-0.39, 0.29) is 18.1 Å². The Morgan fingerprint density at radius 3 is 2.96 bits per heavy atom. The van der Waals surface area contributed by atoms with Crippen LogP contribution in [0.2, 0.25) is 0 Å². The number of aryl methyl sites for hydroxylation is 1. The van der Waals surface area contributed by atoms with Crippen LogP contribution in [0.25, 0.3) is 0 Å². The van der Waals surface area contributed by atoms with Crippen LogP contribution in [0.3, 0.4) is 0 Å². The lowest BCUT2D eigenvalue weighted by molar-refractivity contribution is 0.0238. The number of carbonyl (C=O) groups excluding carboxylic acids is 1. The Hall–Kier alpha value is -1.72. The molecule has 0 bridgehead atoms. The zero-order valence-electron chi connectivity index (χ0n) is 13.9. The van der Waals surface area contributed by atoms with Gasteiger partial charge in [0.25, 0.3) is 5.91 Å². The molecule has 1 saturated carbocycles. The van der Waals surface area contributed by atoms with Crippen molar-refractivity contribution in [3.05, 3.63) is 52.0 Å². The minimum absolute atomic E-state index is 0.0177. The summed E-state index contributed by atoms with van der Waals surface area (Å²) in [5, 5.41) is 14.7. The van der Waals surface area contributed by atoms with E-state index in [0.717, 1.165) is 36.9 Å². The Kier molecular flexibility index (Phi) is 5.63. The number of aliphatic hydroxyl groups excluding tert-OH is 1. The fourth-order valence-electron chi connectivity index (χ4n) is 3.17. The summed E-state index contributed by atoms with van der Waals surface area (Å²) >= 11 is 1.65. The molecule has 0 unspecified atom stereocenters. The molecule has 5 heteroatoms. The van der Waals surface area contributed by atoms with Crippen molar-refractivity contribution in [2.45, 2.75) is 51.2 Å². The summed E-state index contributed by atoms with van der Waals surface area (Å²) in [7, 11) is 0. The second-order valence-corrected chi connectivity index (χ2v) is 7.54. The van der Waals surface area contributed by atoms with Crippen LogP contribution >= 0.6 is 11.3 Å². The van der Waals surface area contributed by atoms with E-state index >= 15 is 0 Å². The summed E-state index contributed by atoms with van der Waals surface area (Å²) in [6.45, 7) is 2.14. The number of hydrogen-bond donors (Lipinski definition) is 2. The molecule has 0 aromatic carbocycles. The van der Waals surface area contributed by atoms with Crippen molar-refractivity contribution < 1.29 is 9.90 Å². The fourth-order valence-corrected chi connectivity index (χ4v) is 4.14. The van der Waals surface area contributed by atoms with E-state index in [1.165, 1.54) is 4.88 Å². The first-order valence-corrected chi connectivity index (χ1v) is 9.50. The molecular formula is C19H24N2O2S. The Balaban J connectivity index is 1.67. The van der Waals surface area contributed by atoms with Crippen LogP contribution < -0.4 is 5.32 Å². The van der Waals surface area contributed by atoms with Gasteiger partial charge in [0, 0.05) is 34.6 Å². The monoisotopic (exact) mass is 344 g/mol. The molecule has 0 spiro atoms. The normalized spacial score (nSPS) is 21.1. The number of aromatic nitrogens is 1. The van der Waals surface area contributed by atoms with Crippen molar-refractivity contribution in [2.75, 3.05) is 0 Å². The van der Waals surface area contributed by atoms with Gasteiger partial charge in [-0.05, 0) is 43.4 Å². The largest absolute Gasteiger partial charge is 0.393 e. The van der Waals surface area contributed by atoms with Gasteiger partial charge in [-0.3, -0.25) is 9.78 Å². The highest BCUT2D eigenvalue weighted by Crippen LogP contribution is 2.32. The fraction of sp³-hybridized carbons (Fsp3) is 0.474. The van der Waals surface area contributed by atoms with Crippen LogP contribution in [0.4, 0.5) is 0 Å². The molecule has 4 nitrogen and oxygen atoms in total. The van der Waals surface area contributed by atoms with Gasteiger partial charge in [0.15, 0.2) is 0 Å². The van der Waals surface area contributed by atoms with Gasteiger partial charge in [-0.25, -0.2) is 0 Å². The van der Waals surface area contributed by atoms with Gasteiger partial charge in [0.05, 0.1) is 11.7 Å². The van der Waals surface area contributed by atoms with Gasteiger partial charge < -0.3 is 10.4 Å². The number of hydrogen-bond acceptors (Lipinski definition) is 4. The van der Waals surface area contributed by atoms with Gasteiger partial charge in [-0.2, -0.15) is 0 Å². The summed E-state index contributed by atoms with van der Waals surface area (Å²) < 4.78 is 0. The van der Waals surface area contributed by atoms with E-state index in [4.69, 9.17) is 0 Å². The summed E-state index contributed by atoms with van der Waals surface area (Å²) in [6, 6.07) is 7.86. The van der Waals surface area contributed by atoms with Crippen LogP contribution in [-0.4, -0.2) is 28.1 Å². The number of thiophene rings is 1. The molecule has 3 rings (SSSR count). The molecule has 24 heavy (non-hydrogen) atoms. The van der Waals surface area contributed by atoms with Gasteiger partial charge in [0.1, 0.15) is 0 Å². The maximum absolute atomic E-state index is 12.6. The predicted molar refractivity (Wildman–Crippen MR) is 96.2 cm³/mol. The third-order valence-electron chi connectivity index (χ3n) is 4.60. The molecule has 1 aliphatic carbocycles. The lowest BCUT2D eigenvalue weighted by Gasteiger charge is -2.38. The smallest absolute Gasteiger partial charge is 0.252 e. The Labute approximate surface area is 146 Å². The molecule has 2 N–H and O–H groups in total. The van der Waals surface area contributed by atoms with Gasteiger partial charge in [0.2, 0.25) is 0 Å². The van der Waals surface area contributed by atoms with Crippen molar-refractivity contribution in [1.82, 2.24) is 10.3 Å². The van der Waals surface area contributed by atoms with E-state index in [1.54, 1.807) is 17.5 Å². The zero-order chi connectivity index (χ0) is 16.9. The first-order chi connectivity index (χ1) is 11.7. The summed E-state index contributed by atoms with van der Waals surface area (Å²) in [6.07, 6.45) is 5.87. The second kappa shape index (κ2) is 7.90. The molecular weight excluding hydrogens is 320 g/mol. The van der Waals surface area contributed by atoms with Crippen LogP contribution in [-0.2, 0) is 12.8 Å². The number of rotatable bonds is 7. The Morgan fingerprint density at radius 2 is 2.29 bits per heavy atom. The minimum atomic E-state index is -0.226. The highest BCUT2D eigenvalue weighted by molar-refractivity contribution is 7.10. The van der Waals surface area contributed by atoms with Crippen molar-refractivity contribution in [3.63, 3.8) is 0 Å². The first-order valence-electron chi connectivity index (χ1n) is 8.62. The van der Waals surface area contributed by atoms with E-state index in [0.29, 0.717) is 12.3 Å². The van der Waals surface area contributed by atoms with Crippen molar-refractivity contribution in [2.24, 2.45) is 5.92 Å². The predicted octanol–water partition coefficient (Wildman–Crippen LogP) is 3.21. The Morgan fingerprint density at radius 1 is 1.46 bits per heavy atom. The van der Waals surface area contributed by atoms with Gasteiger partial charge in [-0.15, -0.1) is 11.3 Å². The number of aliphatic hydroxyl groups is 1. The molecule has 2 aromatic heterocycles. The maximum atomic E-state index is 12.6. The lowest BCUT2D eigenvalue weighted by atomic mass is 9.76. The third-order valence-corrected chi connectivity index (χ3v) is 5.60. The topological polar surface area (TPSA) is 62.2 Å². The quantitative estimate of drug-likeness (QED) is 0.811. The highest BCUT2D eigenvalue weighted by Gasteiger charge is 2.35. The number of nitrogens with zero attached hydrogens (tertiary/aromatic N) is 1. The average Bonchev–Trinajstić information content (AvgIpc) is 3.01. The second-order valence-electron chi connectivity index (χ2n) is 6.54. The number of pyridine rings is 1.